The minimum atomic E-state index is -0.0597. The largest absolute Gasteiger partial charge is 0.393 e. The maximum absolute atomic E-state index is 9.77. The third-order valence-electron chi connectivity index (χ3n) is 3.29. The van der Waals surface area contributed by atoms with Crippen molar-refractivity contribution in [3.63, 3.8) is 0 Å². The normalized spacial score (nSPS) is 13.4. The minimum absolute atomic E-state index is 0.0597. The number of unbranched alkanes of at least 4 members (excludes halogenated alkanes) is 6. The molecular weight excluding hydrogens is 232 g/mol. The van der Waals surface area contributed by atoms with E-state index in [1.54, 1.807) is 6.08 Å². The van der Waals surface area contributed by atoms with Crippen LogP contribution in [0.2, 0.25) is 0 Å². The predicted octanol–water partition coefficient (Wildman–Crippen LogP) is 5.57. The van der Waals surface area contributed by atoms with Gasteiger partial charge in [0.2, 0.25) is 0 Å². The fraction of sp³-hybridized carbons (Fsp3) is 0.667. The molecule has 1 atom stereocenters. The zero-order valence-electron chi connectivity index (χ0n) is 12.7. The zero-order valence-corrected chi connectivity index (χ0v) is 12.7. The fourth-order valence-corrected chi connectivity index (χ4v) is 2.09. The molecule has 0 aliphatic carbocycles. The molecule has 0 fully saturated rings. The highest BCUT2D eigenvalue weighted by atomic mass is 16.3. The van der Waals surface area contributed by atoms with Crippen LogP contribution in [0.25, 0.3) is 0 Å². The number of aliphatic hydroxyl groups excluding tert-OH is 1. The molecule has 0 aliphatic rings. The zero-order chi connectivity index (χ0) is 14.2. The number of aliphatic hydroxyl groups is 1. The Balaban J connectivity index is 3.23. The van der Waals surface area contributed by atoms with E-state index >= 15 is 0 Å². The summed E-state index contributed by atoms with van der Waals surface area (Å²) in [5.74, 6) is 0. The summed E-state index contributed by atoms with van der Waals surface area (Å²) < 4.78 is 0. The summed E-state index contributed by atoms with van der Waals surface area (Å²) >= 11 is 0. The van der Waals surface area contributed by atoms with Crippen molar-refractivity contribution in [1.82, 2.24) is 0 Å². The second-order valence-electron chi connectivity index (χ2n) is 5.19. The van der Waals surface area contributed by atoms with Crippen LogP contribution in [0.5, 0.6) is 0 Å². The highest BCUT2D eigenvalue weighted by Crippen LogP contribution is 2.12. The Morgan fingerprint density at radius 3 is 2.26 bits per heavy atom. The van der Waals surface area contributed by atoms with E-state index in [0.29, 0.717) is 0 Å². The molecule has 0 aromatic carbocycles. The second-order valence-corrected chi connectivity index (χ2v) is 5.19. The molecule has 1 N–H and O–H groups in total. The van der Waals surface area contributed by atoms with Gasteiger partial charge in [0, 0.05) is 0 Å². The molecule has 0 aromatic heterocycles. The van der Waals surface area contributed by atoms with E-state index < -0.39 is 0 Å². The van der Waals surface area contributed by atoms with Gasteiger partial charge in [-0.25, -0.2) is 0 Å². The summed E-state index contributed by atoms with van der Waals surface area (Å²) in [7, 11) is 0. The van der Waals surface area contributed by atoms with Crippen molar-refractivity contribution in [2.45, 2.75) is 77.2 Å². The average molecular weight is 264 g/mol. The van der Waals surface area contributed by atoms with Crippen LogP contribution in [0, 0.1) is 0 Å². The average Bonchev–Trinajstić information content (AvgIpc) is 2.41. The van der Waals surface area contributed by atoms with Gasteiger partial charge in [0.15, 0.2) is 0 Å². The highest BCUT2D eigenvalue weighted by Gasteiger charge is 2.02. The molecule has 0 radical (unpaired) electrons. The number of rotatable bonds is 13. The number of allylic oxidation sites excluding steroid dienone is 5. The molecule has 0 bridgehead atoms. The lowest BCUT2D eigenvalue weighted by atomic mass is 10.0. The molecule has 0 rings (SSSR count). The van der Waals surface area contributed by atoms with Gasteiger partial charge in [-0.1, -0.05) is 82.4 Å². The van der Waals surface area contributed by atoms with Crippen molar-refractivity contribution in [3.8, 4) is 0 Å². The van der Waals surface area contributed by atoms with E-state index in [9.17, 15) is 5.11 Å². The first-order valence-corrected chi connectivity index (χ1v) is 7.93. The summed E-state index contributed by atoms with van der Waals surface area (Å²) in [6.07, 6.45) is 21.7. The van der Waals surface area contributed by atoms with Crippen LogP contribution < -0.4 is 0 Å². The van der Waals surface area contributed by atoms with Crippen LogP contribution >= 0.6 is 0 Å². The third kappa shape index (κ3) is 15.1. The Labute approximate surface area is 120 Å². The van der Waals surface area contributed by atoms with Crippen LogP contribution in [0.4, 0.5) is 0 Å². The van der Waals surface area contributed by atoms with Gasteiger partial charge in [0.1, 0.15) is 0 Å². The van der Waals surface area contributed by atoms with Crippen LogP contribution in [0.1, 0.15) is 71.1 Å². The van der Waals surface area contributed by atoms with Crippen molar-refractivity contribution in [2.75, 3.05) is 0 Å². The van der Waals surface area contributed by atoms with Crippen molar-refractivity contribution < 1.29 is 5.11 Å². The van der Waals surface area contributed by atoms with Gasteiger partial charge in [-0.05, 0) is 25.7 Å². The minimum Gasteiger partial charge on any atom is -0.393 e. The molecule has 1 nitrogen and oxygen atoms in total. The van der Waals surface area contributed by atoms with Crippen LogP contribution in [0.3, 0.4) is 0 Å². The van der Waals surface area contributed by atoms with E-state index in [-0.39, 0.29) is 6.10 Å². The lowest BCUT2D eigenvalue weighted by Crippen LogP contribution is -2.05. The Kier molecular flexibility index (Phi) is 14.6. The fourth-order valence-electron chi connectivity index (χ4n) is 2.09. The van der Waals surface area contributed by atoms with Gasteiger partial charge in [-0.15, -0.1) is 0 Å². The molecule has 0 aromatic rings. The molecule has 110 valence electrons. The van der Waals surface area contributed by atoms with Crippen LogP contribution in [0.15, 0.2) is 37.0 Å². The van der Waals surface area contributed by atoms with Crippen molar-refractivity contribution in [2.24, 2.45) is 0 Å². The third-order valence-corrected chi connectivity index (χ3v) is 3.29. The summed E-state index contributed by atoms with van der Waals surface area (Å²) in [6.45, 7) is 5.83. The molecule has 0 aliphatic heterocycles. The van der Waals surface area contributed by atoms with E-state index in [1.807, 2.05) is 12.2 Å². The lowest BCUT2D eigenvalue weighted by Gasteiger charge is -2.09. The molecular formula is C18H32O. The predicted molar refractivity (Wildman–Crippen MR) is 86.3 cm³/mol. The van der Waals surface area contributed by atoms with Crippen LogP contribution in [-0.4, -0.2) is 11.2 Å². The lowest BCUT2D eigenvalue weighted by molar-refractivity contribution is 0.147. The standard InChI is InChI=1S/C18H32O/c1-3-5-7-8-9-10-11-12-13-15-17-18(19)16-14-6-4-2/h3,5,7-9,18-19H,1,4,6,10-17H2,2H3. The van der Waals surface area contributed by atoms with Crippen molar-refractivity contribution in [1.29, 1.82) is 0 Å². The van der Waals surface area contributed by atoms with Gasteiger partial charge >= 0.3 is 0 Å². The van der Waals surface area contributed by atoms with Gasteiger partial charge in [0.25, 0.3) is 0 Å². The van der Waals surface area contributed by atoms with Crippen molar-refractivity contribution >= 4 is 0 Å². The van der Waals surface area contributed by atoms with E-state index in [1.165, 1.54) is 44.9 Å². The first-order valence-electron chi connectivity index (χ1n) is 7.93. The maximum Gasteiger partial charge on any atom is 0.0540 e. The summed E-state index contributed by atoms with van der Waals surface area (Å²) in [4.78, 5) is 0. The quantitative estimate of drug-likeness (QED) is 0.341. The van der Waals surface area contributed by atoms with Crippen LogP contribution in [-0.2, 0) is 0 Å². The monoisotopic (exact) mass is 264 g/mol. The van der Waals surface area contributed by atoms with Gasteiger partial charge < -0.3 is 5.11 Å². The van der Waals surface area contributed by atoms with Crippen molar-refractivity contribution in [3.05, 3.63) is 37.0 Å². The summed E-state index contributed by atoms with van der Waals surface area (Å²) in [6, 6.07) is 0. The molecule has 0 heterocycles. The molecule has 0 amide bonds. The number of hydrogen-bond donors (Lipinski definition) is 1. The molecule has 1 unspecified atom stereocenters. The Morgan fingerprint density at radius 2 is 1.58 bits per heavy atom. The summed E-state index contributed by atoms with van der Waals surface area (Å²) in [5, 5.41) is 9.77. The molecule has 0 saturated heterocycles. The topological polar surface area (TPSA) is 20.2 Å². The Morgan fingerprint density at radius 1 is 0.895 bits per heavy atom. The highest BCUT2D eigenvalue weighted by molar-refractivity contribution is 5.08. The van der Waals surface area contributed by atoms with Gasteiger partial charge in [-0.2, -0.15) is 0 Å². The SMILES string of the molecule is C=CC=CC=CCCCCCCC(O)CCCCC. The van der Waals surface area contributed by atoms with E-state index in [0.717, 1.165) is 19.3 Å². The molecule has 0 spiro atoms. The first-order chi connectivity index (χ1) is 9.31. The first kappa shape index (κ1) is 18.2. The molecule has 1 heteroatoms. The maximum atomic E-state index is 9.77. The Bertz CT molecular complexity index is 240. The number of hydrogen-bond acceptors (Lipinski definition) is 1. The molecule has 19 heavy (non-hydrogen) atoms. The van der Waals surface area contributed by atoms with Gasteiger partial charge in [-0.3, -0.25) is 0 Å². The van der Waals surface area contributed by atoms with E-state index in [4.69, 9.17) is 0 Å². The second kappa shape index (κ2) is 15.2. The summed E-state index contributed by atoms with van der Waals surface area (Å²) in [5.41, 5.74) is 0. The molecule has 0 saturated carbocycles. The van der Waals surface area contributed by atoms with E-state index in [2.05, 4.69) is 25.7 Å². The van der Waals surface area contributed by atoms with Gasteiger partial charge in [0.05, 0.1) is 6.10 Å². The smallest absolute Gasteiger partial charge is 0.0540 e. The Hall–Kier alpha value is -0.820.